The van der Waals surface area contributed by atoms with Crippen molar-refractivity contribution in [2.45, 2.75) is 38.1 Å². The van der Waals surface area contributed by atoms with E-state index in [1.54, 1.807) is 0 Å². The number of nitrogens with one attached hydrogen (secondary N) is 2. The Hall–Kier alpha value is -0.610. The molecule has 0 aromatic heterocycles. The van der Waals surface area contributed by atoms with Gasteiger partial charge in [-0.15, -0.1) is 0 Å². The van der Waals surface area contributed by atoms with Crippen LogP contribution < -0.4 is 10.6 Å². The Balaban J connectivity index is 1.59. The average Bonchev–Trinajstić information content (AvgIpc) is 2.83. The minimum absolute atomic E-state index is 0.0496. The van der Waals surface area contributed by atoms with Crippen LogP contribution in [0.25, 0.3) is 0 Å². The standard InChI is InChI=1S/C12H22N2O2/c15-12(11-3-1-2-6-13-11)14-7-4-10-5-8-16-9-10/h10-11,13H,1-9H2,(H,14,15)/t10?,11-/m0/s1. The third-order valence-corrected chi connectivity index (χ3v) is 3.50. The van der Waals surface area contributed by atoms with Gasteiger partial charge in [-0.1, -0.05) is 6.42 Å². The van der Waals surface area contributed by atoms with E-state index in [2.05, 4.69) is 10.6 Å². The van der Waals surface area contributed by atoms with Crippen LogP contribution in [0.5, 0.6) is 0 Å². The van der Waals surface area contributed by atoms with Crippen molar-refractivity contribution in [2.24, 2.45) is 5.92 Å². The molecule has 92 valence electrons. The van der Waals surface area contributed by atoms with Gasteiger partial charge in [0.25, 0.3) is 0 Å². The predicted octanol–water partition coefficient (Wildman–Crippen LogP) is 0.671. The third-order valence-electron chi connectivity index (χ3n) is 3.50. The maximum absolute atomic E-state index is 11.8. The quantitative estimate of drug-likeness (QED) is 0.741. The highest BCUT2D eigenvalue weighted by molar-refractivity contribution is 5.81. The lowest BCUT2D eigenvalue weighted by atomic mass is 10.0. The number of rotatable bonds is 4. The molecule has 4 nitrogen and oxygen atoms in total. The summed E-state index contributed by atoms with van der Waals surface area (Å²) in [6.07, 6.45) is 5.55. The zero-order chi connectivity index (χ0) is 11.2. The van der Waals surface area contributed by atoms with Gasteiger partial charge in [0.05, 0.1) is 6.04 Å². The van der Waals surface area contributed by atoms with Gasteiger partial charge in [-0.2, -0.15) is 0 Å². The molecule has 0 bridgehead atoms. The lowest BCUT2D eigenvalue weighted by Gasteiger charge is -2.22. The van der Waals surface area contributed by atoms with E-state index in [9.17, 15) is 4.79 Å². The lowest BCUT2D eigenvalue weighted by Crippen LogP contribution is -2.46. The number of amides is 1. The van der Waals surface area contributed by atoms with Crippen LogP contribution in [0.15, 0.2) is 0 Å². The van der Waals surface area contributed by atoms with Crippen molar-refractivity contribution >= 4 is 5.91 Å². The zero-order valence-corrected chi connectivity index (χ0v) is 9.84. The summed E-state index contributed by atoms with van der Waals surface area (Å²) in [5.74, 6) is 0.832. The molecule has 2 atom stereocenters. The molecule has 2 N–H and O–H groups in total. The van der Waals surface area contributed by atoms with E-state index in [0.29, 0.717) is 5.92 Å². The van der Waals surface area contributed by atoms with Gasteiger partial charge in [-0.3, -0.25) is 4.79 Å². The summed E-state index contributed by atoms with van der Waals surface area (Å²) in [5.41, 5.74) is 0. The first-order valence-corrected chi connectivity index (χ1v) is 6.45. The lowest BCUT2D eigenvalue weighted by molar-refractivity contribution is -0.123. The van der Waals surface area contributed by atoms with E-state index >= 15 is 0 Å². The monoisotopic (exact) mass is 226 g/mol. The van der Waals surface area contributed by atoms with Crippen molar-refractivity contribution in [2.75, 3.05) is 26.3 Å². The van der Waals surface area contributed by atoms with Crippen LogP contribution in [-0.4, -0.2) is 38.3 Å². The molecule has 0 aromatic carbocycles. The van der Waals surface area contributed by atoms with Crippen LogP contribution in [0.4, 0.5) is 0 Å². The molecule has 0 saturated carbocycles. The minimum Gasteiger partial charge on any atom is -0.381 e. The molecule has 0 aromatic rings. The topological polar surface area (TPSA) is 50.4 Å². The van der Waals surface area contributed by atoms with Crippen LogP contribution in [0.3, 0.4) is 0 Å². The molecule has 2 aliphatic heterocycles. The van der Waals surface area contributed by atoms with Crippen LogP contribution in [0.2, 0.25) is 0 Å². The van der Waals surface area contributed by atoms with E-state index in [-0.39, 0.29) is 11.9 Å². The first kappa shape index (κ1) is 11.9. The number of hydrogen-bond donors (Lipinski definition) is 2. The Labute approximate surface area is 97.1 Å². The number of carbonyl (C=O) groups excluding carboxylic acids is 1. The third kappa shape index (κ3) is 3.46. The molecule has 1 unspecified atom stereocenters. The number of piperidine rings is 1. The smallest absolute Gasteiger partial charge is 0.237 e. The molecule has 2 heterocycles. The van der Waals surface area contributed by atoms with Crippen molar-refractivity contribution in [3.05, 3.63) is 0 Å². The van der Waals surface area contributed by atoms with E-state index in [1.165, 1.54) is 12.8 Å². The fraction of sp³-hybridized carbons (Fsp3) is 0.917. The summed E-state index contributed by atoms with van der Waals surface area (Å²) in [6.45, 7) is 3.54. The van der Waals surface area contributed by atoms with Crippen LogP contribution >= 0.6 is 0 Å². The van der Waals surface area contributed by atoms with Gasteiger partial charge >= 0.3 is 0 Å². The summed E-state index contributed by atoms with van der Waals surface area (Å²) in [6, 6.07) is 0.0496. The summed E-state index contributed by atoms with van der Waals surface area (Å²) in [5, 5.41) is 6.28. The molecule has 0 spiro atoms. The fourth-order valence-corrected chi connectivity index (χ4v) is 2.41. The van der Waals surface area contributed by atoms with E-state index in [1.807, 2.05) is 0 Å². The SMILES string of the molecule is O=C(NCCC1CCOC1)[C@@H]1CCCCN1. The maximum Gasteiger partial charge on any atom is 0.237 e. The van der Waals surface area contributed by atoms with Gasteiger partial charge in [-0.25, -0.2) is 0 Å². The average molecular weight is 226 g/mol. The van der Waals surface area contributed by atoms with E-state index in [4.69, 9.17) is 4.74 Å². The maximum atomic E-state index is 11.8. The Bertz CT molecular complexity index is 221. The molecule has 0 aliphatic carbocycles. The highest BCUT2D eigenvalue weighted by atomic mass is 16.5. The Morgan fingerprint density at radius 3 is 3.00 bits per heavy atom. The summed E-state index contributed by atoms with van der Waals surface area (Å²) in [7, 11) is 0. The Morgan fingerprint density at radius 2 is 2.31 bits per heavy atom. The highest BCUT2D eigenvalue weighted by Gasteiger charge is 2.20. The minimum atomic E-state index is 0.0496. The molecule has 2 aliphatic rings. The first-order valence-electron chi connectivity index (χ1n) is 6.45. The molecule has 2 saturated heterocycles. The van der Waals surface area contributed by atoms with Crippen LogP contribution in [-0.2, 0) is 9.53 Å². The summed E-state index contributed by atoms with van der Waals surface area (Å²) in [4.78, 5) is 11.8. The molecule has 2 fully saturated rings. The van der Waals surface area contributed by atoms with Gasteiger partial charge in [-0.05, 0) is 38.1 Å². The Morgan fingerprint density at radius 1 is 1.38 bits per heavy atom. The fourth-order valence-electron chi connectivity index (χ4n) is 2.41. The largest absolute Gasteiger partial charge is 0.381 e. The van der Waals surface area contributed by atoms with Crippen molar-refractivity contribution in [3.63, 3.8) is 0 Å². The normalized spacial score (nSPS) is 30.2. The summed E-state index contributed by atoms with van der Waals surface area (Å²) >= 11 is 0. The second-order valence-electron chi connectivity index (χ2n) is 4.81. The van der Waals surface area contributed by atoms with Crippen molar-refractivity contribution in [1.82, 2.24) is 10.6 Å². The molecule has 4 heteroatoms. The number of hydrogen-bond acceptors (Lipinski definition) is 3. The van der Waals surface area contributed by atoms with Crippen molar-refractivity contribution in [1.29, 1.82) is 0 Å². The summed E-state index contributed by atoms with van der Waals surface area (Å²) < 4.78 is 5.31. The Kier molecular flexibility index (Phi) is 4.60. The second kappa shape index (κ2) is 6.21. The van der Waals surface area contributed by atoms with Gasteiger partial charge in [0, 0.05) is 19.8 Å². The van der Waals surface area contributed by atoms with Crippen LogP contribution in [0, 0.1) is 5.92 Å². The van der Waals surface area contributed by atoms with Crippen molar-refractivity contribution in [3.8, 4) is 0 Å². The molecule has 16 heavy (non-hydrogen) atoms. The van der Waals surface area contributed by atoms with Gasteiger partial charge in [0.1, 0.15) is 0 Å². The number of ether oxygens (including phenoxy) is 1. The predicted molar refractivity (Wildman–Crippen MR) is 62.2 cm³/mol. The van der Waals surface area contributed by atoms with Gasteiger partial charge in [0.15, 0.2) is 0 Å². The van der Waals surface area contributed by atoms with Crippen LogP contribution in [0.1, 0.15) is 32.1 Å². The van der Waals surface area contributed by atoms with Crippen molar-refractivity contribution < 1.29 is 9.53 Å². The molecular weight excluding hydrogens is 204 g/mol. The number of carbonyl (C=O) groups is 1. The van der Waals surface area contributed by atoms with E-state index < -0.39 is 0 Å². The second-order valence-corrected chi connectivity index (χ2v) is 4.81. The molecule has 0 radical (unpaired) electrons. The van der Waals surface area contributed by atoms with E-state index in [0.717, 1.165) is 45.6 Å². The molecule has 2 rings (SSSR count). The molecule has 1 amide bonds. The highest BCUT2D eigenvalue weighted by Crippen LogP contribution is 2.15. The van der Waals surface area contributed by atoms with Gasteiger partial charge < -0.3 is 15.4 Å². The zero-order valence-electron chi connectivity index (χ0n) is 9.84. The first-order chi connectivity index (χ1) is 7.86. The van der Waals surface area contributed by atoms with Gasteiger partial charge in [0.2, 0.25) is 5.91 Å². The molecular formula is C12H22N2O2.